The van der Waals surface area contributed by atoms with Gasteiger partial charge in [-0.15, -0.1) is 0 Å². The average molecular weight is 635 g/mol. The van der Waals surface area contributed by atoms with Crippen LogP contribution in [-0.4, -0.2) is 53.4 Å². The first kappa shape index (κ1) is 34.6. The monoisotopic (exact) mass is 634 g/mol. The topological polar surface area (TPSA) is 129 Å². The van der Waals surface area contributed by atoms with Crippen LogP contribution in [-0.2, 0) is 22.3 Å². The summed E-state index contributed by atoms with van der Waals surface area (Å²) in [6.45, 7) is 6.67. The molecule has 9 nitrogen and oxygen atoms in total. The number of hydrazine groups is 1. The Balaban J connectivity index is 1.81. The number of allylic oxidation sites excluding steroid dienone is 5. The minimum absolute atomic E-state index is 0.00319. The molecule has 238 valence electrons. The molecule has 1 amide bonds. The van der Waals surface area contributed by atoms with E-state index in [9.17, 15) is 23.1 Å². The quantitative estimate of drug-likeness (QED) is 0.110. The van der Waals surface area contributed by atoms with E-state index >= 15 is 0 Å². The maximum atomic E-state index is 13.7. The van der Waals surface area contributed by atoms with Crippen LogP contribution in [0.2, 0.25) is 0 Å². The lowest BCUT2D eigenvalue weighted by atomic mass is 10.0. The standard InChI is InChI=1S/C31H38ClF3N6O3/c1-4-23(15-29(20(2)32)41(37)19-25(36)12-21-14-28(44-3)5-8-38-17-21)30(43)39-26-13-22(11-24(16-26)31(33,34)35)18-40-9-6-27(42)7-10-40/h4,8,11,13-17,19,27,42H,2,5-7,9-10,12,18,36-37H2,1,3H3,(H,39,43)/b23-4+,25-19-,29-15+. The number of amides is 1. The molecule has 1 aromatic rings. The number of likely N-dealkylation sites (tertiary alicyclic amines) is 1. The van der Waals surface area contributed by atoms with Gasteiger partial charge in [-0.1, -0.05) is 24.3 Å². The fraction of sp³-hybridized carbons (Fsp3) is 0.355. The first-order valence-corrected chi connectivity index (χ1v) is 14.3. The van der Waals surface area contributed by atoms with E-state index in [-0.39, 0.29) is 35.0 Å². The lowest BCUT2D eigenvalue weighted by molar-refractivity contribution is -0.137. The summed E-state index contributed by atoms with van der Waals surface area (Å²) in [4.78, 5) is 19.4. The number of hydrogen-bond acceptors (Lipinski definition) is 8. The summed E-state index contributed by atoms with van der Waals surface area (Å²) < 4.78 is 46.5. The maximum absolute atomic E-state index is 13.7. The lowest BCUT2D eigenvalue weighted by Gasteiger charge is -2.29. The highest BCUT2D eigenvalue weighted by molar-refractivity contribution is 6.31. The Morgan fingerprint density at radius 2 is 2.02 bits per heavy atom. The number of rotatable bonds is 11. The molecular formula is C31H38ClF3N6O3. The van der Waals surface area contributed by atoms with Crippen LogP contribution in [0.15, 0.2) is 93.7 Å². The van der Waals surface area contributed by atoms with Gasteiger partial charge in [0.25, 0.3) is 5.91 Å². The molecule has 6 N–H and O–H groups in total. The van der Waals surface area contributed by atoms with Crippen LogP contribution in [0.3, 0.4) is 0 Å². The molecule has 0 saturated carbocycles. The van der Waals surface area contributed by atoms with E-state index in [1.165, 1.54) is 24.4 Å². The van der Waals surface area contributed by atoms with Crippen molar-refractivity contribution in [1.29, 1.82) is 0 Å². The summed E-state index contributed by atoms with van der Waals surface area (Å²) in [6.07, 6.45) is 6.33. The molecule has 0 spiro atoms. The van der Waals surface area contributed by atoms with Crippen molar-refractivity contribution in [3.05, 3.63) is 99.9 Å². The van der Waals surface area contributed by atoms with Crippen LogP contribution in [0.25, 0.3) is 0 Å². The van der Waals surface area contributed by atoms with Crippen LogP contribution in [0.4, 0.5) is 18.9 Å². The molecule has 44 heavy (non-hydrogen) atoms. The Morgan fingerprint density at radius 1 is 1.32 bits per heavy atom. The number of anilines is 1. The molecule has 13 heteroatoms. The van der Waals surface area contributed by atoms with Crippen molar-refractivity contribution in [3.8, 4) is 0 Å². The lowest BCUT2D eigenvalue weighted by Crippen LogP contribution is -2.35. The van der Waals surface area contributed by atoms with Crippen molar-refractivity contribution in [2.75, 3.05) is 25.5 Å². The van der Waals surface area contributed by atoms with Gasteiger partial charge in [0.15, 0.2) is 0 Å². The molecule has 0 atom stereocenters. The molecule has 0 unspecified atom stereocenters. The average Bonchev–Trinajstić information content (AvgIpc) is 3.18. The zero-order valence-corrected chi connectivity index (χ0v) is 25.5. The van der Waals surface area contributed by atoms with Crippen LogP contribution < -0.4 is 16.9 Å². The third-order valence-corrected chi connectivity index (χ3v) is 7.12. The number of aliphatic hydroxyl groups is 1. The highest BCUT2D eigenvalue weighted by atomic mass is 35.5. The Labute approximate surface area is 260 Å². The fourth-order valence-electron chi connectivity index (χ4n) is 4.64. The minimum atomic E-state index is -4.62. The van der Waals surface area contributed by atoms with Gasteiger partial charge in [-0.25, -0.2) is 5.84 Å². The van der Waals surface area contributed by atoms with E-state index in [4.69, 9.17) is 27.9 Å². The number of carbonyl (C=O) groups is 1. The van der Waals surface area contributed by atoms with Crippen molar-refractivity contribution in [2.45, 2.75) is 51.4 Å². The highest BCUT2D eigenvalue weighted by Gasteiger charge is 2.32. The minimum Gasteiger partial charge on any atom is -0.501 e. The number of hydrogen-bond donors (Lipinski definition) is 4. The molecule has 0 radical (unpaired) electrons. The maximum Gasteiger partial charge on any atom is 0.416 e. The molecule has 0 aromatic heterocycles. The van der Waals surface area contributed by atoms with Crippen molar-refractivity contribution in [1.82, 2.24) is 9.91 Å². The third kappa shape index (κ3) is 10.4. The Kier molecular flexibility index (Phi) is 12.4. The number of aliphatic imine (C=N–C) groups is 1. The SMILES string of the molecule is C=C(Cl)/C(=C\C(=C/C)C(=O)Nc1cc(CN2CCC(O)CC2)cc(C(F)(F)F)c1)N(N)/C=C(\N)CC1=CN=CCC(OC)=C1. The summed E-state index contributed by atoms with van der Waals surface area (Å²) in [5.41, 5.74) is 7.03. The molecule has 1 saturated heterocycles. The van der Waals surface area contributed by atoms with Gasteiger partial charge in [0.1, 0.15) is 5.76 Å². The van der Waals surface area contributed by atoms with Gasteiger partial charge in [-0.3, -0.25) is 19.7 Å². The molecular weight excluding hydrogens is 597 g/mol. The van der Waals surface area contributed by atoms with Crippen LogP contribution in [0.5, 0.6) is 0 Å². The second kappa shape index (κ2) is 15.8. The largest absolute Gasteiger partial charge is 0.501 e. The number of nitrogens with one attached hydrogen (secondary N) is 1. The van der Waals surface area contributed by atoms with E-state index < -0.39 is 23.8 Å². The van der Waals surface area contributed by atoms with Crippen molar-refractivity contribution in [2.24, 2.45) is 16.6 Å². The zero-order chi connectivity index (χ0) is 32.4. The van der Waals surface area contributed by atoms with Crippen molar-refractivity contribution < 1.29 is 27.8 Å². The van der Waals surface area contributed by atoms with Crippen LogP contribution in [0.1, 0.15) is 43.7 Å². The molecule has 2 aliphatic rings. The van der Waals surface area contributed by atoms with Crippen molar-refractivity contribution in [3.63, 3.8) is 0 Å². The summed E-state index contributed by atoms with van der Waals surface area (Å²) in [6, 6.07) is 3.46. The molecule has 2 heterocycles. The summed E-state index contributed by atoms with van der Waals surface area (Å²) >= 11 is 6.22. The van der Waals surface area contributed by atoms with Gasteiger partial charge in [0.2, 0.25) is 0 Å². The predicted octanol–water partition coefficient (Wildman–Crippen LogP) is 5.44. The first-order chi connectivity index (χ1) is 20.8. The number of nitrogens with two attached hydrogens (primary N) is 2. The van der Waals surface area contributed by atoms with E-state index in [0.717, 1.165) is 22.7 Å². The normalized spacial score (nSPS) is 17.5. The van der Waals surface area contributed by atoms with Crippen LogP contribution in [0, 0.1) is 0 Å². The fourth-order valence-corrected chi connectivity index (χ4v) is 4.79. The van der Waals surface area contributed by atoms with Gasteiger partial charge in [-0.2, -0.15) is 13.2 Å². The highest BCUT2D eigenvalue weighted by Crippen LogP contribution is 2.33. The third-order valence-electron chi connectivity index (χ3n) is 6.92. The van der Waals surface area contributed by atoms with E-state index in [2.05, 4.69) is 16.9 Å². The van der Waals surface area contributed by atoms with Gasteiger partial charge < -0.3 is 20.9 Å². The van der Waals surface area contributed by atoms with Gasteiger partial charge in [-0.05, 0) is 61.3 Å². The molecule has 0 aliphatic carbocycles. The van der Waals surface area contributed by atoms with Gasteiger partial charge in [0.05, 0.1) is 29.5 Å². The number of nitrogens with zero attached hydrogens (tertiary/aromatic N) is 3. The summed E-state index contributed by atoms with van der Waals surface area (Å²) in [5, 5.41) is 13.4. The Hall–Kier alpha value is -3.84. The number of aliphatic hydroxyl groups excluding tert-OH is 1. The number of methoxy groups -OCH3 is 1. The Morgan fingerprint density at radius 3 is 2.64 bits per heavy atom. The number of piperidine rings is 1. The van der Waals surface area contributed by atoms with E-state index in [1.807, 2.05) is 11.0 Å². The number of ether oxygens (including phenoxy) is 1. The molecule has 0 bridgehead atoms. The molecule has 3 rings (SSSR count). The van der Waals surface area contributed by atoms with Gasteiger partial charge in [0, 0.05) is 68.0 Å². The predicted molar refractivity (Wildman–Crippen MR) is 167 cm³/mol. The molecule has 2 aliphatic heterocycles. The Bertz CT molecular complexity index is 1410. The number of halogens is 4. The number of alkyl halides is 3. The van der Waals surface area contributed by atoms with E-state index in [0.29, 0.717) is 49.4 Å². The van der Waals surface area contributed by atoms with E-state index in [1.54, 1.807) is 26.4 Å². The van der Waals surface area contributed by atoms with Crippen molar-refractivity contribution >= 4 is 29.4 Å². The molecule has 1 fully saturated rings. The summed E-state index contributed by atoms with van der Waals surface area (Å²) in [7, 11) is 1.57. The first-order valence-electron chi connectivity index (χ1n) is 13.9. The van der Waals surface area contributed by atoms with Gasteiger partial charge >= 0.3 is 6.18 Å². The molecule has 1 aromatic carbocycles. The van der Waals surface area contributed by atoms with Crippen LogP contribution >= 0.6 is 11.6 Å². The number of carbonyl (C=O) groups excluding carboxylic acids is 1. The second-order valence-electron chi connectivity index (χ2n) is 10.4. The number of benzene rings is 1. The summed E-state index contributed by atoms with van der Waals surface area (Å²) in [5.74, 6) is 6.25. The smallest absolute Gasteiger partial charge is 0.416 e. The second-order valence-corrected chi connectivity index (χ2v) is 10.9. The zero-order valence-electron chi connectivity index (χ0n) is 24.7.